The van der Waals surface area contributed by atoms with Crippen LogP contribution in [0.15, 0.2) is 12.3 Å². The Kier molecular flexibility index (Phi) is 2.31. The first-order chi connectivity index (χ1) is 4.83. The first kappa shape index (κ1) is 7.12. The van der Waals surface area contributed by atoms with Crippen molar-refractivity contribution in [3.63, 3.8) is 0 Å². The van der Waals surface area contributed by atoms with E-state index in [9.17, 15) is 0 Å². The number of rotatable bonds is 3. The van der Waals surface area contributed by atoms with Crippen LogP contribution >= 0.6 is 0 Å². The van der Waals surface area contributed by atoms with Crippen molar-refractivity contribution in [1.82, 2.24) is 10.2 Å². The van der Waals surface area contributed by atoms with Crippen LogP contribution in [0.5, 0.6) is 5.88 Å². The monoisotopic (exact) mass is 140 g/mol. The highest BCUT2D eigenvalue weighted by atomic mass is 16.5. The molecular formula is C7H12N2O. The van der Waals surface area contributed by atoms with Crippen molar-refractivity contribution >= 4 is 0 Å². The minimum Gasteiger partial charge on any atom is -0.474 e. The summed E-state index contributed by atoms with van der Waals surface area (Å²) >= 11 is 0. The summed E-state index contributed by atoms with van der Waals surface area (Å²) in [6.45, 7) is 4.10. The van der Waals surface area contributed by atoms with Crippen LogP contribution in [0.4, 0.5) is 0 Å². The van der Waals surface area contributed by atoms with Gasteiger partial charge in [-0.25, -0.2) is 0 Å². The molecule has 1 atom stereocenters. The molecule has 1 aromatic heterocycles. The summed E-state index contributed by atoms with van der Waals surface area (Å²) in [7, 11) is 0. The number of H-pyrrole nitrogens is 1. The molecule has 0 aromatic carbocycles. The van der Waals surface area contributed by atoms with Crippen molar-refractivity contribution in [2.45, 2.75) is 26.4 Å². The zero-order chi connectivity index (χ0) is 7.40. The molecule has 0 bridgehead atoms. The van der Waals surface area contributed by atoms with E-state index in [-0.39, 0.29) is 6.10 Å². The fraction of sp³-hybridized carbons (Fsp3) is 0.571. The lowest BCUT2D eigenvalue weighted by molar-refractivity contribution is 0.208. The van der Waals surface area contributed by atoms with Crippen LogP contribution < -0.4 is 4.74 Å². The Morgan fingerprint density at radius 1 is 1.80 bits per heavy atom. The van der Waals surface area contributed by atoms with Gasteiger partial charge in [0.1, 0.15) is 0 Å². The van der Waals surface area contributed by atoms with Gasteiger partial charge in [-0.3, -0.25) is 5.10 Å². The normalized spacial score (nSPS) is 13.0. The molecule has 0 amide bonds. The standard InChI is InChI=1S/C7H12N2O/c1-3-6(2)10-7-4-5-8-9-7/h4-6H,3H2,1-2H3,(H,8,9). The number of ether oxygens (including phenoxy) is 1. The van der Waals surface area contributed by atoms with E-state index in [1.54, 1.807) is 6.20 Å². The molecule has 1 rings (SSSR count). The molecule has 0 aliphatic carbocycles. The second-order valence-electron chi connectivity index (χ2n) is 2.25. The molecule has 1 unspecified atom stereocenters. The van der Waals surface area contributed by atoms with Gasteiger partial charge in [-0.2, -0.15) is 0 Å². The summed E-state index contributed by atoms with van der Waals surface area (Å²) in [5.41, 5.74) is 0. The van der Waals surface area contributed by atoms with Crippen LogP contribution in [0.2, 0.25) is 0 Å². The van der Waals surface area contributed by atoms with Gasteiger partial charge < -0.3 is 4.74 Å². The van der Waals surface area contributed by atoms with Gasteiger partial charge in [0.05, 0.1) is 6.10 Å². The van der Waals surface area contributed by atoms with Crippen LogP contribution in [-0.2, 0) is 0 Å². The third-order valence-corrected chi connectivity index (χ3v) is 1.37. The van der Waals surface area contributed by atoms with Crippen LogP contribution in [0.1, 0.15) is 20.3 Å². The maximum absolute atomic E-state index is 5.36. The lowest BCUT2D eigenvalue weighted by Crippen LogP contribution is -2.09. The predicted octanol–water partition coefficient (Wildman–Crippen LogP) is 1.59. The number of hydrogen-bond donors (Lipinski definition) is 1. The van der Waals surface area contributed by atoms with E-state index in [0.29, 0.717) is 5.88 Å². The quantitative estimate of drug-likeness (QED) is 0.692. The number of aromatic amines is 1. The zero-order valence-electron chi connectivity index (χ0n) is 6.29. The molecular weight excluding hydrogens is 128 g/mol. The molecule has 0 aliphatic rings. The van der Waals surface area contributed by atoms with Gasteiger partial charge in [0.25, 0.3) is 0 Å². The van der Waals surface area contributed by atoms with Crippen molar-refractivity contribution in [2.24, 2.45) is 0 Å². The number of hydrogen-bond acceptors (Lipinski definition) is 2. The molecule has 0 saturated heterocycles. The van der Waals surface area contributed by atoms with E-state index in [4.69, 9.17) is 4.74 Å². The average Bonchev–Trinajstić information content (AvgIpc) is 2.40. The second kappa shape index (κ2) is 3.25. The summed E-state index contributed by atoms with van der Waals surface area (Å²) in [4.78, 5) is 0. The highest BCUT2D eigenvalue weighted by molar-refractivity contribution is 5.04. The van der Waals surface area contributed by atoms with Gasteiger partial charge in [-0.05, 0) is 13.3 Å². The first-order valence-electron chi connectivity index (χ1n) is 3.49. The SMILES string of the molecule is CCC(C)Oc1cc[nH]n1. The molecule has 3 nitrogen and oxygen atoms in total. The second-order valence-corrected chi connectivity index (χ2v) is 2.25. The topological polar surface area (TPSA) is 37.9 Å². The van der Waals surface area contributed by atoms with E-state index >= 15 is 0 Å². The van der Waals surface area contributed by atoms with E-state index in [1.165, 1.54) is 0 Å². The van der Waals surface area contributed by atoms with Gasteiger partial charge in [-0.15, -0.1) is 5.10 Å². The van der Waals surface area contributed by atoms with Crippen LogP contribution in [0, 0.1) is 0 Å². The molecule has 1 heterocycles. The highest BCUT2D eigenvalue weighted by Crippen LogP contribution is 2.06. The van der Waals surface area contributed by atoms with Gasteiger partial charge in [-0.1, -0.05) is 6.92 Å². The molecule has 0 spiro atoms. The Labute approximate surface area is 60.4 Å². The maximum Gasteiger partial charge on any atom is 0.232 e. The van der Waals surface area contributed by atoms with Gasteiger partial charge in [0.2, 0.25) is 5.88 Å². The van der Waals surface area contributed by atoms with Crippen molar-refractivity contribution in [2.75, 3.05) is 0 Å². The van der Waals surface area contributed by atoms with Crippen LogP contribution in [0.25, 0.3) is 0 Å². The van der Waals surface area contributed by atoms with Crippen molar-refractivity contribution in [3.8, 4) is 5.88 Å². The summed E-state index contributed by atoms with van der Waals surface area (Å²) in [5, 5.41) is 6.54. The minimum atomic E-state index is 0.253. The number of aromatic nitrogens is 2. The van der Waals surface area contributed by atoms with Crippen LogP contribution in [0.3, 0.4) is 0 Å². The molecule has 0 saturated carbocycles. The van der Waals surface area contributed by atoms with E-state index < -0.39 is 0 Å². The Bertz CT molecular complexity index is 172. The number of nitrogens with zero attached hydrogens (tertiary/aromatic N) is 1. The third-order valence-electron chi connectivity index (χ3n) is 1.37. The summed E-state index contributed by atoms with van der Waals surface area (Å²) in [6, 6.07) is 1.81. The lowest BCUT2D eigenvalue weighted by atomic mass is 10.3. The maximum atomic E-state index is 5.36. The zero-order valence-corrected chi connectivity index (χ0v) is 6.29. The van der Waals surface area contributed by atoms with Crippen molar-refractivity contribution in [3.05, 3.63) is 12.3 Å². The fourth-order valence-corrected chi connectivity index (χ4v) is 0.602. The first-order valence-corrected chi connectivity index (χ1v) is 3.49. The predicted molar refractivity (Wildman–Crippen MR) is 39.0 cm³/mol. The molecule has 0 fully saturated rings. The Hall–Kier alpha value is -0.990. The third kappa shape index (κ3) is 1.76. The lowest BCUT2D eigenvalue weighted by Gasteiger charge is -2.07. The highest BCUT2D eigenvalue weighted by Gasteiger charge is 2.00. The molecule has 10 heavy (non-hydrogen) atoms. The van der Waals surface area contributed by atoms with Crippen LogP contribution in [-0.4, -0.2) is 16.3 Å². The Morgan fingerprint density at radius 3 is 3.10 bits per heavy atom. The van der Waals surface area contributed by atoms with Gasteiger partial charge >= 0.3 is 0 Å². The average molecular weight is 140 g/mol. The van der Waals surface area contributed by atoms with E-state index in [2.05, 4.69) is 17.1 Å². The van der Waals surface area contributed by atoms with Crippen molar-refractivity contribution < 1.29 is 4.74 Å². The molecule has 0 aliphatic heterocycles. The summed E-state index contributed by atoms with van der Waals surface area (Å²) < 4.78 is 5.36. The molecule has 1 aromatic rings. The van der Waals surface area contributed by atoms with Gasteiger partial charge in [0, 0.05) is 12.3 Å². The fourth-order valence-electron chi connectivity index (χ4n) is 0.602. The number of nitrogens with one attached hydrogen (secondary N) is 1. The Balaban J connectivity index is 2.40. The molecule has 3 heteroatoms. The summed E-state index contributed by atoms with van der Waals surface area (Å²) in [6.07, 6.45) is 3.01. The minimum absolute atomic E-state index is 0.253. The van der Waals surface area contributed by atoms with Crippen molar-refractivity contribution in [1.29, 1.82) is 0 Å². The van der Waals surface area contributed by atoms with Gasteiger partial charge in [0.15, 0.2) is 0 Å². The molecule has 1 N–H and O–H groups in total. The molecule has 0 radical (unpaired) electrons. The largest absolute Gasteiger partial charge is 0.474 e. The molecule has 56 valence electrons. The van der Waals surface area contributed by atoms with E-state index in [0.717, 1.165) is 6.42 Å². The van der Waals surface area contributed by atoms with E-state index in [1.807, 2.05) is 13.0 Å². The summed E-state index contributed by atoms with van der Waals surface area (Å²) in [5.74, 6) is 0.675. The Morgan fingerprint density at radius 2 is 2.60 bits per heavy atom. The smallest absolute Gasteiger partial charge is 0.232 e.